The van der Waals surface area contributed by atoms with Crippen LogP contribution in [0.2, 0.25) is 5.02 Å². The molecule has 0 unspecified atom stereocenters. The second-order valence-corrected chi connectivity index (χ2v) is 8.93. The summed E-state index contributed by atoms with van der Waals surface area (Å²) in [5.74, 6) is 0.833. The number of carbonyl (C=O) groups excluding carboxylic acids is 2. The number of rotatable bonds is 6. The molecule has 0 radical (unpaired) electrons. The van der Waals surface area contributed by atoms with Gasteiger partial charge in [-0.15, -0.1) is 0 Å². The van der Waals surface area contributed by atoms with E-state index < -0.39 is 11.9 Å². The highest BCUT2D eigenvalue weighted by Gasteiger charge is 2.21. The van der Waals surface area contributed by atoms with Crippen LogP contribution in [-0.2, 0) is 0 Å². The Morgan fingerprint density at radius 1 is 0.872 bits per heavy atom. The maximum absolute atomic E-state index is 13.3. The van der Waals surface area contributed by atoms with Gasteiger partial charge in [0, 0.05) is 46.1 Å². The number of halogens is 1. The molecular formula is C28H22ClN7O3. The van der Waals surface area contributed by atoms with Crippen molar-refractivity contribution in [2.24, 2.45) is 0 Å². The van der Waals surface area contributed by atoms with Gasteiger partial charge < -0.3 is 20.9 Å². The van der Waals surface area contributed by atoms with Crippen LogP contribution in [0.3, 0.4) is 0 Å². The number of pyridine rings is 2. The fourth-order valence-electron chi connectivity index (χ4n) is 3.81. The minimum Gasteiger partial charge on any atom is -0.399 e. The fraction of sp³-hybridized carbons (Fsp3) is 0.0357. The van der Waals surface area contributed by atoms with Gasteiger partial charge in [0.05, 0.1) is 0 Å². The lowest BCUT2D eigenvalue weighted by Gasteiger charge is -2.21. The lowest BCUT2D eigenvalue weighted by Crippen LogP contribution is -2.32. The molecule has 0 aliphatic rings. The topological polar surface area (TPSA) is 139 Å². The molecule has 4 N–H and O–H groups in total. The zero-order chi connectivity index (χ0) is 27.4. The highest BCUT2D eigenvalue weighted by atomic mass is 35.5. The van der Waals surface area contributed by atoms with E-state index in [9.17, 15) is 9.59 Å². The van der Waals surface area contributed by atoms with Gasteiger partial charge in [-0.25, -0.2) is 19.7 Å². The van der Waals surface area contributed by atoms with Gasteiger partial charge in [0.25, 0.3) is 5.91 Å². The SMILES string of the molecule is Cc1cc(C(=O)Nc2cc(N)cc(-c3ccc(N(C(=O)Nc4cccc(Cl)c4)c4ccccn4)nc3)c2)no1. The molecule has 0 aliphatic carbocycles. The first-order chi connectivity index (χ1) is 18.9. The minimum absolute atomic E-state index is 0.160. The van der Waals surface area contributed by atoms with E-state index in [-0.39, 0.29) is 5.69 Å². The molecule has 0 saturated carbocycles. The Labute approximate surface area is 228 Å². The second-order valence-electron chi connectivity index (χ2n) is 8.49. The molecule has 0 spiro atoms. The van der Waals surface area contributed by atoms with E-state index in [0.29, 0.717) is 45.0 Å². The molecule has 39 heavy (non-hydrogen) atoms. The van der Waals surface area contributed by atoms with Crippen LogP contribution < -0.4 is 21.3 Å². The number of benzene rings is 2. The number of urea groups is 1. The Morgan fingerprint density at radius 2 is 1.72 bits per heavy atom. The van der Waals surface area contributed by atoms with Crippen molar-refractivity contribution in [2.45, 2.75) is 6.92 Å². The molecule has 3 heterocycles. The predicted molar refractivity (Wildman–Crippen MR) is 150 cm³/mol. The van der Waals surface area contributed by atoms with Crippen LogP contribution in [0.25, 0.3) is 11.1 Å². The van der Waals surface area contributed by atoms with Crippen LogP contribution in [-0.4, -0.2) is 27.1 Å². The number of nitrogen functional groups attached to an aromatic ring is 1. The number of nitrogens with one attached hydrogen (secondary N) is 2. The van der Waals surface area contributed by atoms with E-state index in [0.717, 1.165) is 5.56 Å². The summed E-state index contributed by atoms with van der Waals surface area (Å²) in [4.78, 5) is 36.0. The highest BCUT2D eigenvalue weighted by Crippen LogP contribution is 2.29. The maximum atomic E-state index is 13.3. The van der Waals surface area contributed by atoms with Crippen molar-refractivity contribution in [3.63, 3.8) is 0 Å². The Bertz CT molecular complexity index is 1640. The molecule has 3 aromatic heterocycles. The van der Waals surface area contributed by atoms with Crippen LogP contribution in [0, 0.1) is 6.92 Å². The Morgan fingerprint density at radius 3 is 2.41 bits per heavy atom. The number of aromatic nitrogens is 3. The number of aryl methyl sites for hydroxylation is 1. The first-order valence-electron chi connectivity index (χ1n) is 11.7. The third-order valence-corrected chi connectivity index (χ3v) is 5.78. The van der Waals surface area contributed by atoms with Gasteiger partial charge in [-0.3, -0.25) is 4.79 Å². The third-order valence-electron chi connectivity index (χ3n) is 5.54. The van der Waals surface area contributed by atoms with Crippen molar-refractivity contribution in [2.75, 3.05) is 21.3 Å². The van der Waals surface area contributed by atoms with Crippen LogP contribution in [0.5, 0.6) is 0 Å². The summed E-state index contributed by atoms with van der Waals surface area (Å²) in [7, 11) is 0. The number of amides is 3. The molecule has 0 aliphatic heterocycles. The van der Waals surface area contributed by atoms with Crippen molar-refractivity contribution >= 4 is 52.2 Å². The number of nitrogens with two attached hydrogens (primary N) is 1. The summed E-state index contributed by atoms with van der Waals surface area (Å²) in [6, 6.07) is 21.8. The quantitative estimate of drug-likeness (QED) is 0.215. The summed E-state index contributed by atoms with van der Waals surface area (Å²) in [5.41, 5.74) is 9.16. The maximum Gasteiger partial charge on any atom is 0.333 e. The second kappa shape index (κ2) is 11.0. The van der Waals surface area contributed by atoms with E-state index in [4.69, 9.17) is 21.9 Å². The van der Waals surface area contributed by atoms with E-state index in [1.807, 2.05) is 0 Å². The molecule has 0 atom stereocenters. The van der Waals surface area contributed by atoms with Gasteiger partial charge in [-0.05, 0) is 73.2 Å². The van der Waals surface area contributed by atoms with Crippen LogP contribution in [0.4, 0.5) is 33.5 Å². The minimum atomic E-state index is -0.465. The van der Waals surface area contributed by atoms with Crippen LogP contribution >= 0.6 is 11.6 Å². The number of anilines is 5. The normalized spacial score (nSPS) is 10.6. The first-order valence-corrected chi connectivity index (χ1v) is 12.1. The largest absolute Gasteiger partial charge is 0.399 e. The molecule has 5 rings (SSSR count). The predicted octanol–water partition coefficient (Wildman–Crippen LogP) is 6.30. The monoisotopic (exact) mass is 539 g/mol. The van der Waals surface area contributed by atoms with Gasteiger partial charge in [-0.2, -0.15) is 0 Å². The number of hydrogen-bond acceptors (Lipinski definition) is 7. The van der Waals surface area contributed by atoms with E-state index in [2.05, 4.69) is 25.8 Å². The number of carbonyl (C=O) groups is 2. The fourth-order valence-corrected chi connectivity index (χ4v) is 4.00. The van der Waals surface area contributed by atoms with Crippen molar-refractivity contribution in [3.05, 3.63) is 108 Å². The first kappa shape index (κ1) is 25.4. The summed E-state index contributed by atoms with van der Waals surface area (Å²) in [6.07, 6.45) is 3.20. The average molecular weight is 540 g/mol. The van der Waals surface area contributed by atoms with Crippen molar-refractivity contribution in [1.82, 2.24) is 15.1 Å². The standard InChI is InChI=1S/C28H22ClN7O3/c1-17-11-24(35-39-17)27(37)33-23-13-19(12-21(30)15-23)18-8-9-26(32-16-18)36(25-7-2-3-10-31-25)28(38)34-22-6-4-5-20(29)14-22/h2-16H,30H2,1H3,(H,33,37)(H,34,38). The van der Waals surface area contributed by atoms with E-state index in [1.54, 1.807) is 98.2 Å². The van der Waals surface area contributed by atoms with Crippen LogP contribution in [0.1, 0.15) is 16.2 Å². The molecule has 194 valence electrons. The smallest absolute Gasteiger partial charge is 0.333 e. The molecule has 0 bridgehead atoms. The van der Waals surface area contributed by atoms with Crippen LogP contribution in [0.15, 0.2) is 95.8 Å². The van der Waals surface area contributed by atoms with Crippen molar-refractivity contribution in [1.29, 1.82) is 0 Å². The Kier molecular flexibility index (Phi) is 7.19. The molecule has 10 nitrogen and oxygen atoms in total. The average Bonchev–Trinajstić information content (AvgIpc) is 3.36. The molecule has 5 aromatic rings. The summed E-state index contributed by atoms with van der Waals surface area (Å²) < 4.78 is 4.97. The van der Waals surface area contributed by atoms with E-state index >= 15 is 0 Å². The molecule has 3 amide bonds. The molecule has 11 heteroatoms. The van der Waals surface area contributed by atoms with Crippen molar-refractivity contribution in [3.8, 4) is 11.1 Å². The Hall–Kier alpha value is -5.22. The number of hydrogen-bond donors (Lipinski definition) is 3. The highest BCUT2D eigenvalue weighted by molar-refractivity contribution is 6.31. The van der Waals surface area contributed by atoms with Gasteiger partial charge >= 0.3 is 6.03 Å². The lowest BCUT2D eigenvalue weighted by atomic mass is 10.1. The van der Waals surface area contributed by atoms with Gasteiger partial charge in [0.15, 0.2) is 5.69 Å². The van der Waals surface area contributed by atoms with Crippen molar-refractivity contribution < 1.29 is 14.1 Å². The third kappa shape index (κ3) is 6.03. The zero-order valence-electron chi connectivity index (χ0n) is 20.6. The van der Waals surface area contributed by atoms with Gasteiger partial charge in [0.2, 0.25) is 0 Å². The zero-order valence-corrected chi connectivity index (χ0v) is 21.4. The number of nitrogens with zero attached hydrogens (tertiary/aromatic N) is 4. The summed E-state index contributed by atoms with van der Waals surface area (Å²) >= 11 is 6.07. The summed E-state index contributed by atoms with van der Waals surface area (Å²) in [6.45, 7) is 1.70. The van der Waals surface area contributed by atoms with Gasteiger partial charge in [0.1, 0.15) is 17.4 Å². The molecule has 2 aromatic carbocycles. The lowest BCUT2D eigenvalue weighted by molar-refractivity contribution is 0.101. The molecule has 0 saturated heterocycles. The Balaban J connectivity index is 1.41. The molecular weight excluding hydrogens is 518 g/mol. The van der Waals surface area contributed by atoms with E-state index in [1.165, 1.54) is 4.90 Å². The molecule has 0 fully saturated rings. The summed E-state index contributed by atoms with van der Waals surface area (Å²) in [5, 5.41) is 9.83. The van der Waals surface area contributed by atoms with Gasteiger partial charge in [-0.1, -0.05) is 28.9 Å².